The molecular weight excluding hydrogens is 314 g/mol. The van der Waals surface area contributed by atoms with Gasteiger partial charge in [-0.15, -0.1) is 0 Å². The van der Waals surface area contributed by atoms with Crippen LogP contribution in [0.5, 0.6) is 0 Å². The molecule has 9 nitrogen and oxygen atoms in total. The number of benzene rings is 1. The molecule has 0 bridgehead atoms. The van der Waals surface area contributed by atoms with Crippen LogP contribution in [0.2, 0.25) is 0 Å². The third kappa shape index (κ3) is 4.22. The molecule has 24 heavy (non-hydrogen) atoms. The number of rotatable bonds is 6. The molecule has 0 aliphatic carbocycles. The average molecular weight is 331 g/mol. The fourth-order valence-electron chi connectivity index (χ4n) is 2.22. The molecule has 0 saturated heterocycles. The molecular formula is C15H17N5O4. The zero-order valence-electron chi connectivity index (χ0n) is 13.3. The van der Waals surface area contributed by atoms with Gasteiger partial charge in [0.25, 0.3) is 5.69 Å². The van der Waals surface area contributed by atoms with E-state index in [0.717, 1.165) is 0 Å². The summed E-state index contributed by atoms with van der Waals surface area (Å²) in [6, 6.07) is 5.98. The highest BCUT2D eigenvalue weighted by Crippen LogP contribution is 2.15. The second-order valence-corrected chi connectivity index (χ2v) is 5.36. The first kappa shape index (κ1) is 17.3. The standard InChI is InChI=1S/C15H17N5O4/c1-9(11-4-3-5-12(8-11)20(23)24)16-18-14(21)7-6-13-10(2)17-19-15(13)22/h3-5,8,13H,6-7H2,1-2H3,(H,18,21)(H,19,22)/b16-9-/t13-/m0/s1. The number of hydrogen-bond donors (Lipinski definition) is 2. The number of amides is 2. The van der Waals surface area contributed by atoms with Gasteiger partial charge in [0.05, 0.1) is 16.6 Å². The third-order valence-corrected chi connectivity index (χ3v) is 3.65. The van der Waals surface area contributed by atoms with Crippen molar-refractivity contribution in [1.29, 1.82) is 0 Å². The summed E-state index contributed by atoms with van der Waals surface area (Å²) in [7, 11) is 0. The molecule has 0 unspecified atom stereocenters. The molecule has 0 spiro atoms. The fraction of sp³-hybridized carbons (Fsp3) is 0.333. The highest BCUT2D eigenvalue weighted by atomic mass is 16.6. The summed E-state index contributed by atoms with van der Waals surface area (Å²) in [6.07, 6.45) is 0.467. The molecule has 0 aromatic heterocycles. The van der Waals surface area contributed by atoms with Crippen molar-refractivity contribution in [2.75, 3.05) is 0 Å². The molecule has 0 saturated carbocycles. The smallest absolute Gasteiger partial charge is 0.270 e. The normalized spacial score (nSPS) is 17.2. The highest BCUT2D eigenvalue weighted by molar-refractivity contribution is 6.07. The monoisotopic (exact) mass is 331 g/mol. The van der Waals surface area contributed by atoms with Crippen molar-refractivity contribution in [3.05, 3.63) is 39.9 Å². The number of hydrogen-bond acceptors (Lipinski definition) is 6. The Morgan fingerprint density at radius 1 is 1.50 bits per heavy atom. The van der Waals surface area contributed by atoms with Crippen molar-refractivity contribution in [2.45, 2.75) is 26.7 Å². The SMILES string of the molecule is CC1=NNC(=O)[C@H]1CCC(=O)N/N=C(/C)c1cccc([N+](=O)[O-])c1. The first-order chi connectivity index (χ1) is 11.4. The number of nitrogens with one attached hydrogen (secondary N) is 2. The highest BCUT2D eigenvalue weighted by Gasteiger charge is 2.27. The summed E-state index contributed by atoms with van der Waals surface area (Å²) in [5.74, 6) is -0.943. The first-order valence-corrected chi connectivity index (χ1v) is 7.30. The number of nitrogens with zero attached hydrogens (tertiary/aromatic N) is 3. The second kappa shape index (κ2) is 7.44. The molecule has 0 radical (unpaired) electrons. The number of non-ortho nitro benzene ring substituents is 1. The van der Waals surface area contributed by atoms with Gasteiger partial charge in [0.2, 0.25) is 11.8 Å². The molecule has 1 aliphatic rings. The fourth-order valence-corrected chi connectivity index (χ4v) is 2.22. The molecule has 1 aromatic carbocycles. The van der Waals surface area contributed by atoms with Gasteiger partial charge >= 0.3 is 0 Å². The van der Waals surface area contributed by atoms with Crippen LogP contribution in [0.1, 0.15) is 32.3 Å². The molecule has 2 amide bonds. The number of carbonyl (C=O) groups is 2. The second-order valence-electron chi connectivity index (χ2n) is 5.36. The minimum atomic E-state index is -0.494. The van der Waals surface area contributed by atoms with E-state index < -0.39 is 10.8 Å². The lowest BCUT2D eigenvalue weighted by molar-refractivity contribution is -0.384. The van der Waals surface area contributed by atoms with Crippen molar-refractivity contribution in [3.8, 4) is 0 Å². The van der Waals surface area contributed by atoms with Gasteiger partial charge in [-0.05, 0) is 20.3 Å². The van der Waals surface area contributed by atoms with E-state index in [1.165, 1.54) is 12.1 Å². The Balaban J connectivity index is 1.91. The minimum Gasteiger partial charge on any atom is -0.273 e. The van der Waals surface area contributed by atoms with Crippen LogP contribution in [-0.2, 0) is 9.59 Å². The van der Waals surface area contributed by atoms with Gasteiger partial charge in [-0.1, -0.05) is 12.1 Å². The Morgan fingerprint density at radius 3 is 2.88 bits per heavy atom. The Bertz CT molecular complexity index is 741. The number of nitro benzene ring substituents is 1. The van der Waals surface area contributed by atoms with Gasteiger partial charge in [-0.25, -0.2) is 10.9 Å². The van der Waals surface area contributed by atoms with E-state index in [1.54, 1.807) is 26.0 Å². The molecule has 1 atom stereocenters. The number of hydrazone groups is 2. The molecule has 126 valence electrons. The molecule has 1 heterocycles. The van der Waals surface area contributed by atoms with Crippen molar-refractivity contribution >= 4 is 28.9 Å². The van der Waals surface area contributed by atoms with Crippen molar-refractivity contribution in [1.82, 2.24) is 10.9 Å². The summed E-state index contributed by atoms with van der Waals surface area (Å²) in [5, 5.41) is 18.5. The maximum atomic E-state index is 11.8. The van der Waals surface area contributed by atoms with Crippen molar-refractivity contribution in [2.24, 2.45) is 16.1 Å². The Hall–Kier alpha value is -3.10. The van der Waals surface area contributed by atoms with Crippen LogP contribution in [0.4, 0.5) is 5.69 Å². The number of nitro groups is 1. The zero-order valence-corrected chi connectivity index (χ0v) is 13.3. The lowest BCUT2D eigenvalue weighted by Gasteiger charge is -2.07. The molecule has 1 aliphatic heterocycles. The predicted octanol–water partition coefficient (Wildman–Crippen LogP) is 1.34. The molecule has 0 fully saturated rings. The molecule has 2 rings (SSSR count). The molecule has 1 aromatic rings. The lowest BCUT2D eigenvalue weighted by atomic mass is 9.99. The van der Waals surface area contributed by atoms with Gasteiger partial charge in [-0.2, -0.15) is 10.2 Å². The quantitative estimate of drug-likeness (QED) is 0.463. The van der Waals surface area contributed by atoms with Crippen LogP contribution in [0, 0.1) is 16.0 Å². The summed E-state index contributed by atoms with van der Waals surface area (Å²) in [4.78, 5) is 33.6. The first-order valence-electron chi connectivity index (χ1n) is 7.30. The van der Waals surface area contributed by atoms with E-state index in [9.17, 15) is 19.7 Å². The van der Waals surface area contributed by atoms with E-state index in [-0.39, 0.29) is 23.9 Å². The van der Waals surface area contributed by atoms with Gasteiger partial charge in [0.15, 0.2) is 0 Å². The van der Waals surface area contributed by atoms with Crippen LogP contribution in [0.15, 0.2) is 34.5 Å². The number of carbonyl (C=O) groups excluding carboxylic acids is 2. The molecule has 2 N–H and O–H groups in total. The van der Waals surface area contributed by atoms with Gasteiger partial charge in [0, 0.05) is 29.8 Å². The molecule has 9 heteroatoms. The van der Waals surface area contributed by atoms with Gasteiger partial charge < -0.3 is 0 Å². The van der Waals surface area contributed by atoms with E-state index >= 15 is 0 Å². The van der Waals surface area contributed by atoms with Crippen molar-refractivity contribution in [3.63, 3.8) is 0 Å². The van der Waals surface area contributed by atoms with Crippen LogP contribution >= 0.6 is 0 Å². The summed E-state index contributed by atoms with van der Waals surface area (Å²) < 4.78 is 0. The lowest BCUT2D eigenvalue weighted by Crippen LogP contribution is -2.25. The summed E-state index contributed by atoms with van der Waals surface area (Å²) >= 11 is 0. The van der Waals surface area contributed by atoms with Gasteiger partial charge in [0.1, 0.15) is 0 Å². The Labute approximate surface area is 138 Å². The average Bonchev–Trinajstić information content (AvgIpc) is 2.89. The largest absolute Gasteiger partial charge is 0.273 e. The maximum Gasteiger partial charge on any atom is 0.270 e. The van der Waals surface area contributed by atoms with Crippen LogP contribution in [-0.4, -0.2) is 28.2 Å². The van der Waals surface area contributed by atoms with E-state index in [1.807, 2.05) is 0 Å². The Kier molecular flexibility index (Phi) is 5.35. The van der Waals surface area contributed by atoms with Crippen LogP contribution < -0.4 is 10.9 Å². The van der Waals surface area contributed by atoms with Gasteiger partial charge in [-0.3, -0.25) is 19.7 Å². The zero-order chi connectivity index (χ0) is 17.7. The van der Waals surface area contributed by atoms with E-state index in [0.29, 0.717) is 23.4 Å². The van der Waals surface area contributed by atoms with Crippen LogP contribution in [0.25, 0.3) is 0 Å². The topological polar surface area (TPSA) is 126 Å². The summed E-state index contributed by atoms with van der Waals surface area (Å²) in [6.45, 7) is 3.37. The van der Waals surface area contributed by atoms with E-state index in [4.69, 9.17) is 0 Å². The minimum absolute atomic E-state index is 0.0459. The van der Waals surface area contributed by atoms with Crippen molar-refractivity contribution < 1.29 is 14.5 Å². The predicted molar refractivity (Wildman–Crippen MR) is 87.4 cm³/mol. The van der Waals surface area contributed by atoms with E-state index in [2.05, 4.69) is 21.1 Å². The third-order valence-electron chi connectivity index (χ3n) is 3.65. The maximum absolute atomic E-state index is 11.8. The Morgan fingerprint density at radius 2 is 2.25 bits per heavy atom. The van der Waals surface area contributed by atoms with Crippen LogP contribution in [0.3, 0.4) is 0 Å². The summed E-state index contributed by atoms with van der Waals surface area (Å²) in [5.41, 5.74) is 6.36.